The minimum atomic E-state index is -0.465. The molecule has 0 aliphatic rings. The smallest absolute Gasteiger partial charge is 0.171 e. The van der Waals surface area contributed by atoms with Gasteiger partial charge in [-0.25, -0.2) is 9.37 Å². The van der Waals surface area contributed by atoms with Crippen LogP contribution in [0.15, 0.2) is 23.6 Å². The van der Waals surface area contributed by atoms with Crippen molar-refractivity contribution in [3.63, 3.8) is 0 Å². The monoisotopic (exact) mass is 249 g/mol. The maximum Gasteiger partial charge on any atom is 0.171 e. The Morgan fingerprint density at radius 3 is 2.82 bits per heavy atom. The van der Waals surface area contributed by atoms with Crippen LogP contribution in [0.3, 0.4) is 0 Å². The molecule has 0 spiro atoms. The van der Waals surface area contributed by atoms with Crippen LogP contribution in [0, 0.1) is 19.7 Å². The van der Waals surface area contributed by atoms with E-state index < -0.39 is 5.82 Å². The van der Waals surface area contributed by atoms with Gasteiger partial charge in [0.2, 0.25) is 0 Å². The summed E-state index contributed by atoms with van der Waals surface area (Å²) in [6.45, 7) is 3.72. The van der Waals surface area contributed by atoms with Gasteiger partial charge in [0.1, 0.15) is 5.82 Å². The number of aromatic nitrogens is 1. The van der Waals surface area contributed by atoms with Crippen LogP contribution in [0.4, 0.5) is 4.39 Å². The fraction of sp³-hybridized carbons (Fsp3) is 0.231. The average Bonchev–Trinajstić information content (AvgIpc) is 2.67. The van der Waals surface area contributed by atoms with Crippen molar-refractivity contribution < 1.29 is 9.18 Å². The molecule has 1 aromatic carbocycles. The lowest BCUT2D eigenvalue weighted by molar-refractivity contribution is 0.0988. The lowest BCUT2D eigenvalue weighted by Gasteiger charge is -2.02. The Morgan fingerprint density at radius 1 is 1.41 bits per heavy atom. The minimum Gasteiger partial charge on any atom is -0.294 e. The van der Waals surface area contributed by atoms with E-state index in [0.717, 1.165) is 10.6 Å². The van der Waals surface area contributed by atoms with Crippen LogP contribution < -0.4 is 0 Å². The number of rotatable bonds is 3. The number of Topliss-reactive ketones (excluding diaryl/α,β-unsaturated/α-hetero) is 1. The summed E-state index contributed by atoms with van der Waals surface area (Å²) in [6.07, 6.45) is 0.157. The van der Waals surface area contributed by atoms with E-state index in [-0.39, 0.29) is 17.8 Å². The minimum absolute atomic E-state index is 0.149. The van der Waals surface area contributed by atoms with Crippen molar-refractivity contribution in [2.75, 3.05) is 0 Å². The Labute approximate surface area is 103 Å². The molecule has 2 rings (SSSR count). The highest BCUT2D eigenvalue weighted by atomic mass is 32.1. The molecule has 0 radical (unpaired) electrons. The van der Waals surface area contributed by atoms with Gasteiger partial charge in [0, 0.05) is 5.38 Å². The number of thiazole rings is 1. The zero-order valence-corrected chi connectivity index (χ0v) is 10.5. The molecule has 0 saturated heterocycles. The van der Waals surface area contributed by atoms with Crippen molar-refractivity contribution in [3.8, 4) is 0 Å². The third-order valence-electron chi connectivity index (χ3n) is 2.43. The summed E-state index contributed by atoms with van der Waals surface area (Å²) in [5.41, 5.74) is 1.73. The first kappa shape index (κ1) is 11.9. The SMILES string of the molecule is Cc1ccc(F)c(C(=O)Cc2csc(C)n2)c1. The summed E-state index contributed by atoms with van der Waals surface area (Å²) >= 11 is 1.49. The van der Waals surface area contributed by atoms with Crippen molar-refractivity contribution in [1.82, 2.24) is 4.98 Å². The first-order valence-electron chi connectivity index (χ1n) is 5.26. The van der Waals surface area contributed by atoms with Crippen LogP contribution in [0.2, 0.25) is 0 Å². The van der Waals surface area contributed by atoms with Crippen molar-refractivity contribution >= 4 is 17.1 Å². The topological polar surface area (TPSA) is 30.0 Å². The lowest BCUT2D eigenvalue weighted by Crippen LogP contribution is -2.06. The quantitative estimate of drug-likeness (QED) is 0.781. The van der Waals surface area contributed by atoms with Crippen molar-refractivity contribution in [2.24, 2.45) is 0 Å². The van der Waals surface area contributed by atoms with Crippen LogP contribution >= 0.6 is 11.3 Å². The molecule has 0 fully saturated rings. The van der Waals surface area contributed by atoms with Gasteiger partial charge in [-0.2, -0.15) is 0 Å². The number of benzene rings is 1. The Balaban J connectivity index is 2.22. The highest BCUT2D eigenvalue weighted by Gasteiger charge is 2.13. The maximum absolute atomic E-state index is 13.5. The Kier molecular flexibility index (Phi) is 3.33. The third-order valence-corrected chi connectivity index (χ3v) is 3.25. The first-order chi connectivity index (χ1) is 8.06. The number of nitrogens with zero attached hydrogens (tertiary/aromatic N) is 1. The van der Waals surface area contributed by atoms with Crippen molar-refractivity contribution in [1.29, 1.82) is 0 Å². The standard InChI is InChI=1S/C13H12FNOS/c1-8-3-4-12(14)11(5-8)13(16)6-10-7-17-9(2)15-10/h3-5,7H,6H2,1-2H3. The Bertz CT molecular complexity index is 562. The molecule has 4 heteroatoms. The summed E-state index contributed by atoms with van der Waals surface area (Å²) in [5, 5.41) is 2.75. The molecule has 0 bridgehead atoms. The zero-order valence-electron chi connectivity index (χ0n) is 9.66. The highest BCUT2D eigenvalue weighted by Crippen LogP contribution is 2.15. The van der Waals surface area contributed by atoms with Gasteiger partial charge in [-0.15, -0.1) is 11.3 Å². The van der Waals surface area contributed by atoms with Crippen molar-refractivity contribution in [3.05, 3.63) is 51.2 Å². The van der Waals surface area contributed by atoms with E-state index >= 15 is 0 Å². The Morgan fingerprint density at radius 2 is 2.18 bits per heavy atom. The van der Waals surface area contributed by atoms with E-state index in [2.05, 4.69) is 4.98 Å². The molecule has 2 aromatic rings. The van der Waals surface area contributed by atoms with Gasteiger partial charge >= 0.3 is 0 Å². The van der Waals surface area contributed by atoms with E-state index in [1.807, 2.05) is 19.2 Å². The molecular weight excluding hydrogens is 237 g/mol. The fourth-order valence-corrected chi connectivity index (χ4v) is 2.21. The van der Waals surface area contributed by atoms with Crippen LogP contribution in [-0.4, -0.2) is 10.8 Å². The molecule has 0 N–H and O–H groups in total. The number of carbonyl (C=O) groups excluding carboxylic acids is 1. The molecule has 17 heavy (non-hydrogen) atoms. The van der Waals surface area contributed by atoms with Gasteiger partial charge in [-0.05, 0) is 26.0 Å². The molecule has 0 unspecified atom stereocenters. The summed E-state index contributed by atoms with van der Waals surface area (Å²) in [4.78, 5) is 16.1. The molecule has 1 aromatic heterocycles. The number of aryl methyl sites for hydroxylation is 2. The predicted octanol–water partition coefficient (Wildman–Crippen LogP) is 3.32. The summed E-state index contributed by atoms with van der Waals surface area (Å²) in [6, 6.07) is 4.56. The van der Waals surface area contributed by atoms with Gasteiger partial charge in [-0.1, -0.05) is 11.6 Å². The molecule has 0 saturated carbocycles. The molecule has 2 nitrogen and oxygen atoms in total. The lowest BCUT2D eigenvalue weighted by atomic mass is 10.0. The van der Waals surface area contributed by atoms with Crippen molar-refractivity contribution in [2.45, 2.75) is 20.3 Å². The normalized spacial score (nSPS) is 10.5. The van der Waals surface area contributed by atoms with E-state index in [9.17, 15) is 9.18 Å². The van der Waals surface area contributed by atoms with Gasteiger partial charge in [0.25, 0.3) is 0 Å². The second-order valence-electron chi connectivity index (χ2n) is 3.94. The van der Waals surface area contributed by atoms with Crippen LogP contribution in [-0.2, 0) is 6.42 Å². The van der Waals surface area contributed by atoms with E-state index in [1.165, 1.54) is 17.4 Å². The second-order valence-corrected chi connectivity index (χ2v) is 5.00. The fourth-order valence-electron chi connectivity index (χ4n) is 1.60. The van der Waals surface area contributed by atoms with E-state index in [0.29, 0.717) is 5.69 Å². The number of carbonyl (C=O) groups is 1. The summed E-state index contributed by atoms with van der Waals surface area (Å²) in [5.74, 6) is -0.691. The highest BCUT2D eigenvalue weighted by molar-refractivity contribution is 7.09. The summed E-state index contributed by atoms with van der Waals surface area (Å²) < 4.78 is 13.5. The molecule has 88 valence electrons. The largest absolute Gasteiger partial charge is 0.294 e. The van der Waals surface area contributed by atoms with Crippen LogP contribution in [0.5, 0.6) is 0 Å². The van der Waals surface area contributed by atoms with Gasteiger partial charge < -0.3 is 0 Å². The predicted molar refractivity (Wildman–Crippen MR) is 66.0 cm³/mol. The number of hydrogen-bond acceptors (Lipinski definition) is 3. The second kappa shape index (κ2) is 4.75. The van der Waals surface area contributed by atoms with Gasteiger partial charge in [-0.3, -0.25) is 4.79 Å². The van der Waals surface area contributed by atoms with Gasteiger partial charge in [0.15, 0.2) is 5.78 Å². The average molecular weight is 249 g/mol. The van der Waals surface area contributed by atoms with Crippen LogP contribution in [0.25, 0.3) is 0 Å². The number of hydrogen-bond donors (Lipinski definition) is 0. The number of ketones is 1. The summed E-state index contributed by atoms with van der Waals surface area (Å²) in [7, 11) is 0. The maximum atomic E-state index is 13.5. The molecule has 1 heterocycles. The molecule has 0 amide bonds. The molecular formula is C13H12FNOS. The zero-order chi connectivity index (χ0) is 12.4. The van der Waals surface area contributed by atoms with Gasteiger partial charge in [0.05, 0.1) is 22.7 Å². The Hall–Kier alpha value is -1.55. The van der Waals surface area contributed by atoms with Crippen LogP contribution in [0.1, 0.15) is 26.6 Å². The molecule has 0 aliphatic heterocycles. The third kappa shape index (κ3) is 2.77. The van der Waals surface area contributed by atoms with E-state index in [4.69, 9.17) is 0 Å². The first-order valence-corrected chi connectivity index (χ1v) is 6.14. The van der Waals surface area contributed by atoms with E-state index in [1.54, 1.807) is 12.1 Å². The number of halogens is 1. The molecule has 0 aliphatic carbocycles. The molecule has 0 atom stereocenters.